The molecular formula is C46H42F6N4O4Si2Zn. The van der Waals surface area contributed by atoms with Crippen molar-refractivity contribution in [1.82, 2.24) is 19.9 Å². The number of hydrogen-bond donors (Lipinski definition) is 0. The number of alkyl halides is 6. The van der Waals surface area contributed by atoms with Crippen molar-refractivity contribution in [1.29, 1.82) is 0 Å². The van der Waals surface area contributed by atoms with Crippen LogP contribution in [0.25, 0.3) is 68.6 Å². The zero-order valence-electron chi connectivity index (χ0n) is 35.5. The molecule has 0 spiro atoms. The van der Waals surface area contributed by atoms with Gasteiger partial charge in [0.05, 0.1) is 58.2 Å². The van der Waals surface area contributed by atoms with Crippen LogP contribution in [0.4, 0.5) is 26.3 Å². The number of ether oxygens (including phenoxy) is 2. The van der Waals surface area contributed by atoms with Gasteiger partial charge in [-0.05, 0) is 82.9 Å². The first-order valence-electron chi connectivity index (χ1n) is 19.8. The molecule has 3 aromatic heterocycles. The van der Waals surface area contributed by atoms with Crippen LogP contribution >= 0.6 is 0 Å². The molecule has 2 aromatic carbocycles. The average molecular weight is 950 g/mol. The summed E-state index contributed by atoms with van der Waals surface area (Å²) in [6.07, 6.45) is -4.90. The monoisotopic (exact) mass is 948 g/mol. The van der Waals surface area contributed by atoms with Crippen molar-refractivity contribution >= 4 is 74.5 Å². The molecule has 0 fully saturated rings. The van der Waals surface area contributed by atoms with Gasteiger partial charge in [-0.2, -0.15) is 26.3 Å². The number of carbonyl (C=O) groups excluding carboxylic acids is 2. The fraction of sp³-hybridized carbons (Fsp3) is 0.261. The Morgan fingerprint density at radius 3 is 1.14 bits per heavy atom. The van der Waals surface area contributed by atoms with E-state index in [1.807, 2.05) is 0 Å². The minimum atomic E-state index is -4.95. The molecule has 2 aliphatic heterocycles. The van der Waals surface area contributed by atoms with Crippen LogP contribution in [0.2, 0.25) is 51.4 Å². The van der Waals surface area contributed by atoms with E-state index in [1.54, 1.807) is 0 Å². The topological polar surface area (TPSA) is 107 Å². The molecule has 8 bridgehead atoms. The van der Waals surface area contributed by atoms with Gasteiger partial charge in [-0.1, -0.05) is 87.8 Å². The molecule has 322 valence electrons. The second-order valence-electron chi connectivity index (χ2n) is 17.4. The number of carbonyl (C=O) groups is 2. The molecule has 0 saturated heterocycles. The number of hydrogen-bond acceptors (Lipinski definition) is 6. The van der Waals surface area contributed by atoms with E-state index in [0.29, 0.717) is 11.1 Å². The van der Waals surface area contributed by atoms with E-state index in [2.05, 4.69) is 59.2 Å². The standard InChI is InChI=1S/C46H43F6N4O4Si2.Zn/c1-61(2,3)25-23-59-43(57)29-11-7-27(8-12-29)39-31-15-19-35(53-31)41(45(47,48)49)37-21-17-33(55-37)40(28-9-13-30(14-10-28)44(58)60-24-26-62(4,5)6)34-18-22-38(56-34)42(46(50,51)52)36-20-16-32(39)54-36;/h7-22H,23-26H2,1-6H3,(H-,53,54,55,56,57,58);/q-1;+2/p-1. The van der Waals surface area contributed by atoms with E-state index in [9.17, 15) is 9.59 Å². The molecule has 0 atom stereocenters. The number of aromatic nitrogens is 4. The van der Waals surface area contributed by atoms with Crippen LogP contribution in [0.5, 0.6) is 0 Å². The molecule has 0 N–H and O–H groups in total. The zero-order chi connectivity index (χ0) is 44.8. The number of fused-ring (bicyclic) bond motifs is 8. The molecule has 7 rings (SSSR count). The first-order valence-corrected chi connectivity index (χ1v) is 27.2. The Balaban J connectivity index is 0.00000661. The Morgan fingerprint density at radius 2 is 0.825 bits per heavy atom. The molecule has 0 unspecified atom stereocenters. The van der Waals surface area contributed by atoms with Gasteiger partial charge in [0.25, 0.3) is 0 Å². The van der Waals surface area contributed by atoms with Crippen molar-refractivity contribution in [3.63, 3.8) is 0 Å². The maximum absolute atomic E-state index is 15.1. The van der Waals surface area contributed by atoms with Crippen molar-refractivity contribution in [2.24, 2.45) is 0 Å². The third kappa shape index (κ3) is 10.9. The van der Waals surface area contributed by atoms with Crippen LogP contribution in [0.15, 0.2) is 72.8 Å². The third-order valence-electron chi connectivity index (χ3n) is 10.2. The van der Waals surface area contributed by atoms with Gasteiger partial charge in [0.15, 0.2) is 0 Å². The van der Waals surface area contributed by atoms with Crippen molar-refractivity contribution in [2.45, 2.75) is 63.7 Å². The van der Waals surface area contributed by atoms with Crippen molar-refractivity contribution in [3.8, 4) is 22.3 Å². The van der Waals surface area contributed by atoms with Gasteiger partial charge in [-0.15, -0.1) is 22.1 Å². The summed E-state index contributed by atoms with van der Waals surface area (Å²) in [5, 5.41) is 0. The van der Waals surface area contributed by atoms with Gasteiger partial charge in [0.2, 0.25) is 0 Å². The van der Waals surface area contributed by atoms with Crippen LogP contribution < -0.4 is 9.97 Å². The summed E-state index contributed by atoms with van der Waals surface area (Å²) in [5.41, 5.74) is -2.92. The number of rotatable bonds is 10. The second-order valence-corrected chi connectivity index (χ2v) is 28.6. The Bertz CT molecular complexity index is 2590. The quantitative estimate of drug-likeness (QED) is 0.0758. The van der Waals surface area contributed by atoms with Crippen molar-refractivity contribution < 1.29 is 64.9 Å². The zero-order valence-corrected chi connectivity index (χ0v) is 40.4. The van der Waals surface area contributed by atoms with Crippen LogP contribution in [-0.4, -0.2) is 51.3 Å². The first kappa shape index (κ1) is 47.1. The molecule has 2 aliphatic rings. The average Bonchev–Trinajstić information content (AvgIpc) is 4.01. The molecule has 0 saturated carbocycles. The van der Waals surface area contributed by atoms with Gasteiger partial charge < -0.3 is 19.4 Å². The Kier molecular flexibility index (Phi) is 13.5. The van der Waals surface area contributed by atoms with Crippen molar-refractivity contribution in [3.05, 3.63) is 118 Å². The third-order valence-corrected chi connectivity index (χ3v) is 13.6. The van der Waals surface area contributed by atoms with Gasteiger partial charge >= 0.3 is 43.8 Å². The molecule has 63 heavy (non-hydrogen) atoms. The van der Waals surface area contributed by atoms with Gasteiger partial charge in [0.1, 0.15) is 0 Å². The van der Waals surface area contributed by atoms with E-state index in [-0.39, 0.29) is 77.4 Å². The maximum Gasteiger partial charge on any atom is 2.00 e. The predicted octanol–water partition coefficient (Wildman–Crippen LogP) is 12.3. The second kappa shape index (κ2) is 18.0. The van der Waals surface area contributed by atoms with Crippen molar-refractivity contribution in [2.75, 3.05) is 13.2 Å². The first-order chi connectivity index (χ1) is 29.1. The summed E-state index contributed by atoms with van der Waals surface area (Å²) in [6.45, 7) is 13.4. The Labute approximate surface area is 374 Å². The number of halogens is 6. The summed E-state index contributed by atoms with van der Waals surface area (Å²) in [6, 6.07) is 18.5. The van der Waals surface area contributed by atoms with Gasteiger partial charge in [0, 0.05) is 16.1 Å². The Morgan fingerprint density at radius 1 is 0.508 bits per heavy atom. The summed E-state index contributed by atoms with van der Waals surface area (Å²) in [5.74, 6) is -1.13. The van der Waals surface area contributed by atoms with Crippen LogP contribution in [0.1, 0.15) is 54.6 Å². The maximum atomic E-state index is 15.1. The van der Waals surface area contributed by atoms with Gasteiger partial charge in [-0.3, -0.25) is 0 Å². The molecule has 17 heteroatoms. The SMILES string of the molecule is C[Si](C)(C)CCOC(=O)c1ccc(-c2c3nc(c(C(F)(F)F)c4ccc([n-]4)c(-c4ccc(C(=O)OCC[Si](C)(C)C)cc4)c4nc(c(C(F)(F)F)c5ccc2[n-]5)C=C4)C=C3)cc1.[Zn+2]. The molecule has 0 radical (unpaired) electrons. The van der Waals surface area contributed by atoms with E-state index in [4.69, 9.17) is 9.47 Å². The van der Waals surface area contributed by atoms with E-state index in [1.165, 1.54) is 97.1 Å². The summed E-state index contributed by atoms with van der Waals surface area (Å²) in [4.78, 5) is 43.3. The minimum absolute atomic E-state index is 0. The molecule has 0 aliphatic carbocycles. The molecule has 5 heterocycles. The fourth-order valence-electron chi connectivity index (χ4n) is 6.87. The number of esters is 2. The molecule has 8 nitrogen and oxygen atoms in total. The normalized spacial score (nSPS) is 12.9. The number of benzene rings is 2. The summed E-state index contributed by atoms with van der Waals surface area (Å²) >= 11 is 0. The largest absolute Gasteiger partial charge is 2.00 e. The van der Waals surface area contributed by atoms with E-state index >= 15 is 26.3 Å². The summed E-state index contributed by atoms with van der Waals surface area (Å²) in [7, 11) is -2.97. The number of nitrogens with zero attached hydrogens (tertiary/aromatic N) is 4. The van der Waals surface area contributed by atoms with Gasteiger partial charge in [-0.25, -0.2) is 19.6 Å². The fourth-order valence-corrected chi connectivity index (χ4v) is 8.30. The minimum Gasteiger partial charge on any atom is -0.657 e. The van der Waals surface area contributed by atoms with E-state index < -0.39 is 74.0 Å². The smallest absolute Gasteiger partial charge is 0.657 e. The molecule has 5 aromatic rings. The predicted molar refractivity (Wildman–Crippen MR) is 235 cm³/mol. The van der Waals surface area contributed by atoms with Crippen LogP contribution in [0.3, 0.4) is 0 Å². The van der Waals surface area contributed by atoms with E-state index in [0.717, 1.165) is 12.1 Å². The molecule has 0 amide bonds. The van der Waals surface area contributed by atoms with Crippen LogP contribution in [0, 0.1) is 0 Å². The molecular weight excluding hydrogens is 908 g/mol. The summed E-state index contributed by atoms with van der Waals surface area (Å²) < 4.78 is 102. The van der Waals surface area contributed by atoms with Crippen LogP contribution in [-0.2, 0) is 41.3 Å². The Hall–Kier alpha value is -5.38.